The minimum Gasteiger partial charge on any atom is -0.349 e. The Bertz CT molecular complexity index is 1560. The molecular weight excluding hydrogens is 547 g/mol. The third kappa shape index (κ3) is 4.63. The summed E-state index contributed by atoms with van der Waals surface area (Å²) >= 11 is 2.75. The highest BCUT2D eigenvalue weighted by Crippen LogP contribution is 2.43. The van der Waals surface area contributed by atoms with Crippen molar-refractivity contribution in [2.75, 3.05) is 13.1 Å². The number of nitrogens with one attached hydrogen (secondary N) is 1. The fourth-order valence-corrected chi connectivity index (χ4v) is 7.75. The van der Waals surface area contributed by atoms with Crippen LogP contribution in [0.1, 0.15) is 56.5 Å². The molecule has 4 heterocycles. The second-order valence-corrected chi connectivity index (χ2v) is 12.3. The Morgan fingerprint density at radius 3 is 2.64 bits per heavy atom. The van der Waals surface area contributed by atoms with Crippen LogP contribution in [0.3, 0.4) is 0 Å². The molecule has 0 bridgehead atoms. The Morgan fingerprint density at radius 1 is 1.13 bits per heavy atom. The lowest BCUT2D eigenvalue weighted by Gasteiger charge is -2.28. The summed E-state index contributed by atoms with van der Waals surface area (Å²) in [7, 11) is 0. The van der Waals surface area contributed by atoms with Crippen molar-refractivity contribution in [3.63, 3.8) is 0 Å². The van der Waals surface area contributed by atoms with Crippen molar-refractivity contribution in [1.29, 1.82) is 0 Å². The second kappa shape index (κ2) is 9.74. The zero-order valence-electron chi connectivity index (χ0n) is 21.3. The molecule has 1 aliphatic carbocycles. The summed E-state index contributed by atoms with van der Waals surface area (Å²) in [6.07, 6.45) is 0.484. The number of thiazole rings is 2. The van der Waals surface area contributed by atoms with Gasteiger partial charge in [0.15, 0.2) is 4.96 Å². The Morgan fingerprint density at radius 2 is 1.90 bits per heavy atom. The van der Waals surface area contributed by atoms with E-state index in [1.54, 1.807) is 18.2 Å². The van der Waals surface area contributed by atoms with Crippen LogP contribution < -0.4 is 5.32 Å². The maximum absolute atomic E-state index is 14.0. The topological polar surface area (TPSA) is 79.6 Å². The van der Waals surface area contributed by atoms with Gasteiger partial charge in [-0.2, -0.15) is 13.2 Å². The number of likely N-dealkylation sites (tertiary alicyclic amines) is 1. The van der Waals surface area contributed by atoms with Crippen LogP contribution in [0, 0.1) is 25.7 Å². The van der Waals surface area contributed by atoms with E-state index < -0.39 is 11.7 Å². The zero-order valence-corrected chi connectivity index (χ0v) is 22.9. The molecule has 0 unspecified atom stereocenters. The molecule has 1 N–H and O–H groups in total. The van der Waals surface area contributed by atoms with Crippen LogP contribution in [0.15, 0.2) is 35.8 Å². The molecule has 1 aromatic carbocycles. The Hall–Kier alpha value is -3.25. The number of aryl methyl sites for hydroxylation is 2. The van der Waals surface area contributed by atoms with E-state index >= 15 is 0 Å². The van der Waals surface area contributed by atoms with Crippen molar-refractivity contribution >= 4 is 39.4 Å². The monoisotopic (exact) mass is 573 g/mol. The molecule has 204 valence electrons. The Kier molecular flexibility index (Phi) is 6.49. The molecule has 12 heteroatoms. The molecule has 4 aromatic rings. The average molecular weight is 574 g/mol. The quantitative estimate of drug-likeness (QED) is 0.326. The van der Waals surface area contributed by atoms with Crippen molar-refractivity contribution in [2.24, 2.45) is 11.8 Å². The fraction of sp³-hybridized carbons (Fsp3) is 0.407. The summed E-state index contributed by atoms with van der Waals surface area (Å²) < 4.78 is 41.0. The minimum atomic E-state index is -4.43. The highest BCUT2D eigenvalue weighted by atomic mass is 32.1. The number of carbonyl (C=O) groups excluding carboxylic acids is 2. The third-order valence-corrected chi connectivity index (χ3v) is 9.62. The molecule has 2 fully saturated rings. The molecule has 0 spiro atoms. The fourth-order valence-electron chi connectivity index (χ4n) is 6.08. The summed E-state index contributed by atoms with van der Waals surface area (Å²) in [5, 5.41) is 5.60. The molecule has 3 atom stereocenters. The number of alkyl halides is 3. The first-order valence-corrected chi connectivity index (χ1v) is 14.5. The van der Waals surface area contributed by atoms with Crippen molar-refractivity contribution in [1.82, 2.24) is 24.6 Å². The summed E-state index contributed by atoms with van der Waals surface area (Å²) in [4.78, 5) is 39.3. The molecule has 6 rings (SSSR count). The summed E-state index contributed by atoms with van der Waals surface area (Å²) in [6.45, 7) is 4.47. The number of fused-ring (bicyclic) bond motifs is 2. The normalized spacial score (nSPS) is 21.1. The van der Waals surface area contributed by atoms with Crippen LogP contribution in [-0.2, 0) is 6.18 Å². The summed E-state index contributed by atoms with van der Waals surface area (Å²) in [5.74, 6) is 0.146. The van der Waals surface area contributed by atoms with E-state index in [9.17, 15) is 22.8 Å². The molecule has 2 aliphatic rings. The molecule has 1 aliphatic heterocycles. The largest absolute Gasteiger partial charge is 0.416 e. The van der Waals surface area contributed by atoms with Crippen LogP contribution in [-0.4, -0.2) is 50.2 Å². The van der Waals surface area contributed by atoms with Crippen LogP contribution >= 0.6 is 22.7 Å². The van der Waals surface area contributed by atoms with Crippen molar-refractivity contribution in [2.45, 2.75) is 45.3 Å². The average Bonchev–Trinajstić information content (AvgIpc) is 3.69. The Balaban J connectivity index is 1.26. The number of rotatable bonds is 5. The van der Waals surface area contributed by atoms with E-state index in [4.69, 9.17) is 0 Å². The van der Waals surface area contributed by atoms with E-state index in [2.05, 4.69) is 15.3 Å². The standard InChI is InChI=1S/C27H26F3N5O2S2/c1-14-22(34-10-11-38-26(34)32-14)24(36)31-12-20-19-5-3-4-17(19)13-35(20)25(37)21-23(39-15(2)33-21)16-6-8-18(9-7-16)27(28,29)30/h6-11,17,19-20H,3-5,12-13H2,1-2H3,(H,31,36)/t17-,19-,20+/m0/s1. The van der Waals surface area contributed by atoms with Gasteiger partial charge in [0, 0.05) is 24.7 Å². The van der Waals surface area contributed by atoms with Crippen LogP contribution in [0.2, 0.25) is 0 Å². The number of aromatic nitrogens is 3. The van der Waals surface area contributed by atoms with Gasteiger partial charge < -0.3 is 10.2 Å². The van der Waals surface area contributed by atoms with E-state index in [0.29, 0.717) is 45.8 Å². The third-order valence-electron chi connectivity index (χ3n) is 7.84. The molecule has 2 amide bonds. The van der Waals surface area contributed by atoms with Crippen LogP contribution in [0.25, 0.3) is 15.4 Å². The van der Waals surface area contributed by atoms with Gasteiger partial charge in [0.05, 0.1) is 27.2 Å². The van der Waals surface area contributed by atoms with Gasteiger partial charge in [-0.3, -0.25) is 14.0 Å². The van der Waals surface area contributed by atoms with Crippen molar-refractivity contribution < 1.29 is 22.8 Å². The number of carbonyl (C=O) groups is 2. The number of halogens is 3. The maximum Gasteiger partial charge on any atom is 0.416 e. The van der Waals surface area contributed by atoms with Gasteiger partial charge in [0.2, 0.25) is 0 Å². The number of nitrogens with zero attached hydrogens (tertiary/aromatic N) is 4. The highest BCUT2D eigenvalue weighted by Gasteiger charge is 2.47. The van der Waals surface area contributed by atoms with E-state index in [-0.39, 0.29) is 29.5 Å². The smallest absolute Gasteiger partial charge is 0.349 e. The molecular formula is C27H26F3N5O2S2. The summed E-state index contributed by atoms with van der Waals surface area (Å²) in [5.41, 5.74) is 1.18. The van der Waals surface area contributed by atoms with Crippen LogP contribution in [0.4, 0.5) is 13.2 Å². The van der Waals surface area contributed by atoms with Crippen LogP contribution in [0.5, 0.6) is 0 Å². The van der Waals surface area contributed by atoms with Gasteiger partial charge in [-0.1, -0.05) is 18.6 Å². The first kappa shape index (κ1) is 26.0. The molecule has 1 saturated heterocycles. The van der Waals surface area contributed by atoms with Gasteiger partial charge in [0.25, 0.3) is 11.8 Å². The van der Waals surface area contributed by atoms with E-state index in [1.807, 2.05) is 16.5 Å². The van der Waals surface area contributed by atoms with Crippen molar-refractivity contribution in [3.8, 4) is 10.4 Å². The molecule has 3 aromatic heterocycles. The lowest BCUT2D eigenvalue weighted by molar-refractivity contribution is -0.137. The molecule has 1 saturated carbocycles. The lowest BCUT2D eigenvalue weighted by atomic mass is 9.94. The van der Waals surface area contributed by atoms with Gasteiger partial charge in [0.1, 0.15) is 11.4 Å². The minimum absolute atomic E-state index is 0.192. The summed E-state index contributed by atoms with van der Waals surface area (Å²) in [6, 6.07) is 4.65. The number of hydrogen-bond donors (Lipinski definition) is 1. The molecule has 39 heavy (non-hydrogen) atoms. The highest BCUT2D eigenvalue weighted by molar-refractivity contribution is 7.15. The van der Waals surface area contributed by atoms with E-state index in [0.717, 1.165) is 36.4 Å². The Labute approximate surface area is 230 Å². The SMILES string of the molecule is Cc1nc(C(=O)N2C[C@@H]3CCC[C@@H]3[C@H]2CNC(=O)c2c(C)nc3sccn23)c(-c2ccc(C(F)(F)F)cc2)s1. The molecule has 7 nitrogen and oxygen atoms in total. The maximum atomic E-state index is 14.0. The van der Waals surface area contributed by atoms with Gasteiger partial charge in [-0.15, -0.1) is 22.7 Å². The van der Waals surface area contributed by atoms with E-state index in [1.165, 1.54) is 34.8 Å². The predicted octanol–water partition coefficient (Wildman–Crippen LogP) is 5.83. The number of benzene rings is 1. The second-order valence-electron chi connectivity index (χ2n) is 10.2. The molecule has 0 radical (unpaired) electrons. The van der Waals surface area contributed by atoms with Gasteiger partial charge in [-0.25, -0.2) is 9.97 Å². The first-order chi connectivity index (χ1) is 18.6. The zero-order chi connectivity index (χ0) is 27.5. The number of imidazole rings is 1. The number of amides is 2. The predicted molar refractivity (Wildman–Crippen MR) is 143 cm³/mol. The van der Waals surface area contributed by atoms with Crippen molar-refractivity contribution in [3.05, 3.63) is 63.5 Å². The lowest BCUT2D eigenvalue weighted by Crippen LogP contribution is -2.46. The van der Waals surface area contributed by atoms with Gasteiger partial charge >= 0.3 is 6.18 Å². The number of hydrogen-bond acceptors (Lipinski definition) is 6. The van der Waals surface area contributed by atoms with Gasteiger partial charge in [-0.05, 0) is 56.2 Å². The first-order valence-electron chi connectivity index (χ1n) is 12.8.